The van der Waals surface area contributed by atoms with Gasteiger partial charge in [0.15, 0.2) is 0 Å². The molecular weight excluding hydrogens is 258 g/mol. The lowest BCUT2D eigenvalue weighted by Crippen LogP contribution is -2.54. The highest BCUT2D eigenvalue weighted by atomic mass is 16.2. The summed E-state index contributed by atoms with van der Waals surface area (Å²) in [5.74, 6) is 2.15. The minimum Gasteiger partial charge on any atom is -0.342 e. The summed E-state index contributed by atoms with van der Waals surface area (Å²) in [5.41, 5.74) is 1.17. The van der Waals surface area contributed by atoms with Gasteiger partial charge >= 0.3 is 0 Å². The fourth-order valence-electron chi connectivity index (χ4n) is 6.20. The first-order valence-electron chi connectivity index (χ1n) is 9.11. The monoisotopic (exact) mass is 289 g/mol. The van der Waals surface area contributed by atoms with Crippen molar-refractivity contribution in [1.29, 1.82) is 0 Å². The minimum absolute atomic E-state index is 0.344. The molecule has 4 bridgehead atoms. The maximum atomic E-state index is 12.9. The van der Waals surface area contributed by atoms with E-state index in [-0.39, 0.29) is 0 Å². The molecule has 4 aliphatic rings. The molecule has 1 saturated heterocycles. The van der Waals surface area contributed by atoms with Crippen LogP contribution in [0, 0.1) is 28.1 Å². The molecule has 2 atom stereocenters. The van der Waals surface area contributed by atoms with Crippen molar-refractivity contribution in [3.05, 3.63) is 0 Å². The second-order valence-corrected chi connectivity index (χ2v) is 9.62. The van der Waals surface area contributed by atoms with E-state index in [1.165, 1.54) is 44.9 Å². The number of carbonyl (C=O) groups excluding carboxylic acids is 1. The van der Waals surface area contributed by atoms with Gasteiger partial charge in [0.2, 0.25) is 5.91 Å². The molecule has 3 saturated carbocycles. The van der Waals surface area contributed by atoms with E-state index in [0.717, 1.165) is 31.3 Å². The average molecular weight is 289 g/mol. The Morgan fingerprint density at radius 3 is 2.38 bits per heavy atom. The van der Waals surface area contributed by atoms with E-state index in [1.807, 2.05) is 0 Å². The molecule has 0 N–H and O–H groups in total. The number of rotatable bonds is 2. The van der Waals surface area contributed by atoms with E-state index in [9.17, 15) is 4.79 Å². The summed E-state index contributed by atoms with van der Waals surface area (Å²) in [7, 11) is 0. The highest BCUT2D eigenvalue weighted by Crippen LogP contribution is 2.60. The SMILES string of the molecule is CC1(C)C2CC[C@]1(C)CN(C(=O)CC13CCC(CC1)C3)C2. The van der Waals surface area contributed by atoms with Gasteiger partial charge in [-0.2, -0.15) is 0 Å². The van der Waals surface area contributed by atoms with Crippen molar-refractivity contribution in [1.82, 2.24) is 4.90 Å². The Labute approximate surface area is 129 Å². The number of fused-ring (bicyclic) bond motifs is 4. The van der Waals surface area contributed by atoms with Crippen LogP contribution < -0.4 is 0 Å². The number of nitrogens with zero attached hydrogens (tertiary/aromatic N) is 1. The topological polar surface area (TPSA) is 20.3 Å². The Balaban J connectivity index is 1.47. The van der Waals surface area contributed by atoms with Gasteiger partial charge in [0, 0.05) is 19.5 Å². The van der Waals surface area contributed by atoms with Gasteiger partial charge in [-0.25, -0.2) is 0 Å². The van der Waals surface area contributed by atoms with Crippen molar-refractivity contribution >= 4 is 5.91 Å². The summed E-state index contributed by atoms with van der Waals surface area (Å²) in [6.07, 6.45) is 10.3. The molecular formula is C19H31NO. The summed E-state index contributed by atoms with van der Waals surface area (Å²) in [4.78, 5) is 15.2. The van der Waals surface area contributed by atoms with Gasteiger partial charge in [-0.05, 0) is 73.0 Å². The quantitative estimate of drug-likeness (QED) is 0.744. The maximum absolute atomic E-state index is 12.9. The maximum Gasteiger partial charge on any atom is 0.223 e. The summed E-state index contributed by atoms with van der Waals surface area (Å²) >= 11 is 0. The lowest BCUT2D eigenvalue weighted by molar-refractivity contribution is -0.141. The molecule has 1 unspecified atom stereocenters. The largest absolute Gasteiger partial charge is 0.342 e. The molecule has 0 radical (unpaired) electrons. The average Bonchev–Trinajstić information content (AvgIpc) is 3.01. The van der Waals surface area contributed by atoms with Crippen LogP contribution in [0.3, 0.4) is 0 Å². The zero-order valence-electron chi connectivity index (χ0n) is 14.1. The number of carbonyl (C=O) groups is 1. The third kappa shape index (κ3) is 1.93. The van der Waals surface area contributed by atoms with Crippen molar-refractivity contribution in [2.45, 2.75) is 72.1 Å². The Hall–Kier alpha value is -0.530. The van der Waals surface area contributed by atoms with E-state index < -0.39 is 0 Å². The smallest absolute Gasteiger partial charge is 0.223 e. The first-order chi connectivity index (χ1) is 9.84. The molecule has 1 amide bonds. The summed E-state index contributed by atoms with van der Waals surface area (Å²) in [6, 6.07) is 0. The zero-order chi connectivity index (χ0) is 14.9. The van der Waals surface area contributed by atoms with E-state index >= 15 is 0 Å². The Morgan fingerprint density at radius 1 is 1.10 bits per heavy atom. The molecule has 3 aliphatic carbocycles. The van der Waals surface area contributed by atoms with Crippen LogP contribution in [0.4, 0.5) is 0 Å². The molecule has 118 valence electrons. The number of piperidine rings is 1. The van der Waals surface area contributed by atoms with Crippen molar-refractivity contribution < 1.29 is 4.79 Å². The van der Waals surface area contributed by atoms with Crippen LogP contribution in [-0.2, 0) is 4.79 Å². The van der Waals surface area contributed by atoms with Gasteiger partial charge in [0.05, 0.1) is 0 Å². The Kier molecular flexibility index (Phi) is 2.86. The number of hydrogen-bond donors (Lipinski definition) is 0. The van der Waals surface area contributed by atoms with Gasteiger partial charge in [-0.15, -0.1) is 0 Å². The summed E-state index contributed by atoms with van der Waals surface area (Å²) in [6.45, 7) is 9.33. The molecule has 2 nitrogen and oxygen atoms in total. The van der Waals surface area contributed by atoms with Gasteiger partial charge in [-0.1, -0.05) is 20.8 Å². The molecule has 0 spiro atoms. The Morgan fingerprint density at radius 2 is 1.81 bits per heavy atom. The first kappa shape index (κ1) is 14.1. The van der Waals surface area contributed by atoms with Crippen LogP contribution in [0.15, 0.2) is 0 Å². The molecule has 0 aromatic rings. The van der Waals surface area contributed by atoms with Crippen LogP contribution >= 0.6 is 0 Å². The van der Waals surface area contributed by atoms with E-state index in [2.05, 4.69) is 25.7 Å². The van der Waals surface area contributed by atoms with E-state index in [4.69, 9.17) is 0 Å². The second kappa shape index (κ2) is 4.26. The number of likely N-dealkylation sites (tertiary alicyclic amines) is 1. The van der Waals surface area contributed by atoms with Crippen molar-refractivity contribution in [3.63, 3.8) is 0 Å². The van der Waals surface area contributed by atoms with E-state index in [1.54, 1.807) is 0 Å². The zero-order valence-corrected chi connectivity index (χ0v) is 14.1. The van der Waals surface area contributed by atoms with Crippen LogP contribution in [-0.4, -0.2) is 23.9 Å². The van der Waals surface area contributed by atoms with Crippen LogP contribution in [0.1, 0.15) is 72.1 Å². The fourth-order valence-corrected chi connectivity index (χ4v) is 6.20. The van der Waals surface area contributed by atoms with Gasteiger partial charge < -0.3 is 4.90 Å². The predicted octanol–water partition coefficient (Wildman–Crippen LogP) is 4.24. The molecule has 21 heavy (non-hydrogen) atoms. The van der Waals surface area contributed by atoms with Crippen LogP contribution in [0.5, 0.6) is 0 Å². The molecule has 2 heteroatoms. The van der Waals surface area contributed by atoms with Gasteiger partial charge in [-0.3, -0.25) is 4.79 Å². The van der Waals surface area contributed by atoms with E-state index in [0.29, 0.717) is 22.2 Å². The molecule has 4 fully saturated rings. The lowest BCUT2D eigenvalue weighted by Gasteiger charge is -2.50. The third-order valence-electron chi connectivity index (χ3n) is 8.37. The third-order valence-corrected chi connectivity index (χ3v) is 8.37. The highest BCUT2D eigenvalue weighted by molar-refractivity contribution is 5.77. The van der Waals surface area contributed by atoms with Crippen molar-refractivity contribution in [3.8, 4) is 0 Å². The van der Waals surface area contributed by atoms with Crippen molar-refractivity contribution in [2.24, 2.45) is 28.1 Å². The van der Waals surface area contributed by atoms with Gasteiger partial charge in [0.25, 0.3) is 0 Å². The number of amides is 1. The van der Waals surface area contributed by atoms with Gasteiger partial charge in [0.1, 0.15) is 0 Å². The number of hydrogen-bond acceptors (Lipinski definition) is 1. The molecule has 1 aliphatic heterocycles. The molecule has 4 rings (SSSR count). The summed E-state index contributed by atoms with van der Waals surface area (Å²) < 4.78 is 0. The minimum atomic E-state index is 0.344. The second-order valence-electron chi connectivity index (χ2n) is 9.62. The van der Waals surface area contributed by atoms with Crippen LogP contribution in [0.2, 0.25) is 0 Å². The molecule has 0 aromatic heterocycles. The Bertz CT molecular complexity index is 460. The standard InChI is InChI=1S/C19H31NO/c1-17(2)15-6-7-18(17,3)13-20(12-15)16(21)11-19-8-4-14(10-19)5-9-19/h14-15H,4-13H2,1-3H3/t14?,15?,18-,19?/m1/s1. The normalized spacial score (nSPS) is 47.1. The summed E-state index contributed by atoms with van der Waals surface area (Å²) in [5, 5.41) is 0. The lowest BCUT2D eigenvalue weighted by atomic mass is 9.63. The fraction of sp³-hybridized carbons (Fsp3) is 0.947. The molecule has 1 heterocycles. The highest BCUT2D eigenvalue weighted by Gasteiger charge is 2.56. The molecule has 0 aromatic carbocycles. The van der Waals surface area contributed by atoms with Crippen molar-refractivity contribution in [2.75, 3.05) is 13.1 Å². The predicted molar refractivity (Wildman–Crippen MR) is 84.8 cm³/mol. The first-order valence-corrected chi connectivity index (χ1v) is 9.11. The van der Waals surface area contributed by atoms with Crippen LogP contribution in [0.25, 0.3) is 0 Å².